The van der Waals surface area contributed by atoms with Gasteiger partial charge in [0.05, 0.1) is 6.04 Å². The molecule has 9 amide bonds. The molecule has 0 saturated heterocycles. The maximum Gasteiger partial charge on any atom is 0.326 e. The Labute approximate surface area is 420 Å². The Hall–Kier alpha value is -6.44. The zero-order valence-electron chi connectivity index (χ0n) is 43.2. The van der Waals surface area contributed by atoms with Gasteiger partial charge in [0.1, 0.15) is 54.4 Å². The first kappa shape index (κ1) is 65.6. The van der Waals surface area contributed by atoms with Crippen molar-refractivity contribution in [1.29, 1.82) is 0 Å². The summed E-state index contributed by atoms with van der Waals surface area (Å²) in [6, 6.07) is -12.7. The Kier molecular flexibility index (Phi) is 30.3. The Morgan fingerprint density at radius 1 is 0.417 bits per heavy atom. The number of nitrogens with two attached hydrogens (primary N) is 2. The molecule has 11 atom stereocenters. The number of hydrogen-bond donors (Lipinski definition) is 14. The minimum Gasteiger partial charge on any atom is -0.481 e. The van der Waals surface area contributed by atoms with Gasteiger partial charge in [0.2, 0.25) is 53.2 Å². The van der Waals surface area contributed by atoms with Crippen molar-refractivity contribution in [3.05, 3.63) is 0 Å². The summed E-state index contributed by atoms with van der Waals surface area (Å²) in [5, 5.41) is 50.1. The number of rotatable bonds is 35. The van der Waals surface area contributed by atoms with E-state index in [-0.39, 0.29) is 50.5 Å². The summed E-state index contributed by atoms with van der Waals surface area (Å²) < 4.78 is 0. The maximum absolute atomic E-state index is 13.9. The average Bonchev–Trinajstić information content (AvgIpc) is 3.28. The van der Waals surface area contributed by atoms with Gasteiger partial charge in [-0.2, -0.15) is 0 Å². The summed E-state index contributed by atoms with van der Waals surface area (Å²) >= 11 is 0. The molecule has 0 fully saturated rings. The van der Waals surface area contributed by atoms with Crippen LogP contribution in [0.1, 0.15) is 133 Å². The standard InChI is InChI=1S/C46H81N11O15/c1-11-24(6)36(45(70)52-28(10)39(64)54-31(16-18-35(60)61)42(67)56-33(46(71)72)21-23(4)5)57-43(68)30(14-12-13-19-47)53-38(63)26(8)49-37(62)25(7)51-44(69)32(20-22(2)3)55-40(65)27(9)50-41(66)29(48)15-17-34(58)59/h22-33,36H,11-21,47-48H2,1-10H3,(H,49,62)(H,50,66)(H,51,69)(H,52,70)(H,53,63)(H,54,64)(H,55,65)(H,56,67)(H,57,68)(H,58,59)(H,60,61)(H,71,72)/t24-,25-,26-,27-,28-,29-,30-,31-,32-,33-,36-/m0/s1. The van der Waals surface area contributed by atoms with E-state index in [4.69, 9.17) is 16.6 Å². The molecule has 72 heavy (non-hydrogen) atoms. The normalized spacial score (nSPS) is 15.8. The number of carbonyl (C=O) groups excluding carboxylic acids is 9. The van der Waals surface area contributed by atoms with Gasteiger partial charge < -0.3 is 74.6 Å². The van der Waals surface area contributed by atoms with Crippen LogP contribution in [0, 0.1) is 17.8 Å². The van der Waals surface area contributed by atoms with E-state index in [1.165, 1.54) is 27.7 Å². The molecule has 0 heterocycles. The number of carboxylic acid groups (broad SMARTS) is 3. The third-order valence-electron chi connectivity index (χ3n) is 11.3. The van der Waals surface area contributed by atoms with Crippen molar-refractivity contribution in [3.8, 4) is 0 Å². The molecule has 0 unspecified atom stereocenters. The van der Waals surface area contributed by atoms with Crippen molar-refractivity contribution in [2.75, 3.05) is 6.54 Å². The molecule has 16 N–H and O–H groups in total. The molecule has 0 aliphatic heterocycles. The van der Waals surface area contributed by atoms with Crippen molar-refractivity contribution in [1.82, 2.24) is 47.9 Å². The molecule has 0 aliphatic carbocycles. The molecule has 0 rings (SSSR count). The van der Waals surface area contributed by atoms with Crippen LogP contribution in [-0.4, -0.2) is 153 Å². The molecular formula is C46H81N11O15. The predicted octanol–water partition coefficient (Wildman–Crippen LogP) is -2.16. The van der Waals surface area contributed by atoms with E-state index in [1.54, 1.807) is 41.5 Å². The topological polar surface area (TPSA) is 426 Å². The van der Waals surface area contributed by atoms with E-state index >= 15 is 0 Å². The molecule has 0 saturated carbocycles. The first-order chi connectivity index (χ1) is 33.4. The van der Waals surface area contributed by atoms with Gasteiger partial charge in [-0.05, 0) is 96.9 Å². The summed E-state index contributed by atoms with van der Waals surface area (Å²) in [6.45, 7) is 16.0. The summed E-state index contributed by atoms with van der Waals surface area (Å²) in [7, 11) is 0. The first-order valence-electron chi connectivity index (χ1n) is 24.3. The average molecular weight is 1030 g/mol. The molecule has 410 valence electrons. The van der Waals surface area contributed by atoms with Gasteiger partial charge in [0.15, 0.2) is 0 Å². The van der Waals surface area contributed by atoms with Crippen LogP contribution >= 0.6 is 0 Å². The van der Waals surface area contributed by atoms with Gasteiger partial charge in [0, 0.05) is 12.8 Å². The third-order valence-corrected chi connectivity index (χ3v) is 11.3. The fourth-order valence-electron chi connectivity index (χ4n) is 6.76. The van der Waals surface area contributed by atoms with Gasteiger partial charge in [0.25, 0.3) is 0 Å². The van der Waals surface area contributed by atoms with Crippen molar-refractivity contribution in [2.24, 2.45) is 29.2 Å². The predicted molar refractivity (Wildman–Crippen MR) is 261 cm³/mol. The molecule has 0 aliphatic rings. The van der Waals surface area contributed by atoms with Crippen LogP contribution in [-0.2, 0) is 57.5 Å². The molecule has 26 nitrogen and oxygen atoms in total. The van der Waals surface area contributed by atoms with E-state index in [0.717, 1.165) is 0 Å². The third kappa shape index (κ3) is 25.6. The number of aliphatic carboxylic acids is 3. The summed E-state index contributed by atoms with van der Waals surface area (Å²) in [4.78, 5) is 154. The molecule has 0 aromatic heterocycles. The van der Waals surface area contributed by atoms with E-state index in [2.05, 4.69) is 47.9 Å². The monoisotopic (exact) mass is 1030 g/mol. The van der Waals surface area contributed by atoms with Gasteiger partial charge >= 0.3 is 17.9 Å². The Morgan fingerprint density at radius 2 is 0.778 bits per heavy atom. The molecular weight excluding hydrogens is 947 g/mol. The van der Waals surface area contributed by atoms with Gasteiger partial charge in [-0.25, -0.2) is 4.79 Å². The zero-order valence-corrected chi connectivity index (χ0v) is 43.2. The molecule has 0 aromatic rings. The second-order valence-electron chi connectivity index (χ2n) is 18.9. The summed E-state index contributed by atoms with van der Waals surface area (Å²) in [5.41, 5.74) is 11.4. The van der Waals surface area contributed by atoms with Crippen LogP contribution in [0.5, 0.6) is 0 Å². The largest absolute Gasteiger partial charge is 0.481 e. The maximum atomic E-state index is 13.9. The number of hydrogen-bond acceptors (Lipinski definition) is 14. The minimum atomic E-state index is -1.48. The Bertz CT molecular complexity index is 1880. The molecule has 0 spiro atoms. The van der Waals surface area contributed by atoms with E-state index in [9.17, 15) is 67.7 Å². The quantitative estimate of drug-likeness (QED) is 0.0301. The fraction of sp³-hybridized carbons (Fsp3) is 0.739. The van der Waals surface area contributed by atoms with Crippen LogP contribution in [0.2, 0.25) is 0 Å². The number of nitrogens with one attached hydrogen (secondary N) is 9. The van der Waals surface area contributed by atoms with Crippen molar-refractivity contribution < 1.29 is 72.9 Å². The lowest BCUT2D eigenvalue weighted by molar-refractivity contribution is -0.143. The van der Waals surface area contributed by atoms with Gasteiger partial charge in [-0.1, -0.05) is 48.0 Å². The zero-order chi connectivity index (χ0) is 55.6. The minimum absolute atomic E-state index is 0.0536. The first-order valence-corrected chi connectivity index (χ1v) is 24.3. The number of amides is 9. The number of unbranched alkanes of at least 4 members (excludes halogenated alkanes) is 1. The van der Waals surface area contributed by atoms with Crippen LogP contribution in [0.4, 0.5) is 0 Å². The smallest absolute Gasteiger partial charge is 0.326 e. The van der Waals surface area contributed by atoms with Crippen LogP contribution in [0.3, 0.4) is 0 Å². The van der Waals surface area contributed by atoms with Crippen LogP contribution in [0.15, 0.2) is 0 Å². The second-order valence-corrected chi connectivity index (χ2v) is 18.9. The highest BCUT2D eigenvalue weighted by atomic mass is 16.4. The van der Waals surface area contributed by atoms with Crippen molar-refractivity contribution >= 4 is 71.1 Å². The lowest BCUT2D eigenvalue weighted by Crippen LogP contribution is -2.60. The van der Waals surface area contributed by atoms with Gasteiger partial charge in [-0.15, -0.1) is 0 Å². The molecule has 0 radical (unpaired) electrons. The van der Waals surface area contributed by atoms with Crippen molar-refractivity contribution in [2.45, 2.75) is 194 Å². The lowest BCUT2D eigenvalue weighted by Gasteiger charge is -2.29. The van der Waals surface area contributed by atoms with E-state index in [1.807, 2.05) is 0 Å². The highest BCUT2D eigenvalue weighted by Gasteiger charge is 2.35. The lowest BCUT2D eigenvalue weighted by atomic mass is 9.97. The molecule has 0 bridgehead atoms. The second kappa shape index (κ2) is 33.3. The SMILES string of the molecule is CC[C@H](C)[C@H](NC(=O)[C@H](CCCCN)NC(=O)[C@H](C)NC(=O)[C@H](C)NC(=O)[C@H](CC(C)C)NC(=O)[C@H](C)NC(=O)[C@@H](N)CCC(=O)O)C(=O)N[C@@H](C)C(=O)N[C@@H](CCC(=O)O)C(=O)N[C@@H](CC(C)C)C(=O)O. The highest BCUT2D eigenvalue weighted by molar-refractivity contribution is 5.98. The van der Waals surface area contributed by atoms with E-state index < -0.39 is 150 Å². The van der Waals surface area contributed by atoms with Crippen LogP contribution in [0.25, 0.3) is 0 Å². The number of carboxylic acids is 3. The number of carbonyl (C=O) groups is 12. The Morgan fingerprint density at radius 3 is 1.22 bits per heavy atom. The fourth-order valence-corrected chi connectivity index (χ4v) is 6.76. The molecule has 0 aromatic carbocycles. The Balaban J connectivity index is 5.99. The van der Waals surface area contributed by atoms with Crippen LogP contribution < -0.4 is 59.3 Å². The van der Waals surface area contributed by atoms with Gasteiger partial charge in [-0.3, -0.25) is 52.7 Å². The summed E-state index contributed by atoms with van der Waals surface area (Å²) in [6.07, 6.45) is -0.0841. The highest BCUT2D eigenvalue weighted by Crippen LogP contribution is 2.12. The summed E-state index contributed by atoms with van der Waals surface area (Å²) in [5.74, 6) is -11.9. The van der Waals surface area contributed by atoms with E-state index in [0.29, 0.717) is 19.3 Å². The van der Waals surface area contributed by atoms with Crippen molar-refractivity contribution in [3.63, 3.8) is 0 Å². The molecule has 26 heteroatoms.